The summed E-state index contributed by atoms with van der Waals surface area (Å²) < 4.78 is 32.7. The zero-order valence-corrected chi connectivity index (χ0v) is 18.2. The first kappa shape index (κ1) is 21.3. The highest BCUT2D eigenvalue weighted by Crippen LogP contribution is 2.31. The number of benzene rings is 2. The second kappa shape index (κ2) is 8.68. The normalized spacial score (nSPS) is 16.7. The maximum absolute atomic E-state index is 12.9. The lowest BCUT2D eigenvalue weighted by molar-refractivity contribution is -0.121. The Kier molecular flexibility index (Phi) is 5.97. The predicted molar refractivity (Wildman–Crippen MR) is 117 cm³/mol. The van der Waals surface area contributed by atoms with Gasteiger partial charge in [0.15, 0.2) is 0 Å². The number of ether oxygens (including phenoxy) is 1. The van der Waals surface area contributed by atoms with E-state index in [0.29, 0.717) is 42.2 Å². The third-order valence-corrected chi connectivity index (χ3v) is 7.53. The number of hydrogen-bond donors (Lipinski definition) is 1. The molecule has 0 aromatic heterocycles. The summed E-state index contributed by atoms with van der Waals surface area (Å²) in [4.78, 5) is 26.6. The van der Waals surface area contributed by atoms with Crippen molar-refractivity contribution in [3.05, 3.63) is 48.0 Å². The van der Waals surface area contributed by atoms with E-state index >= 15 is 0 Å². The van der Waals surface area contributed by atoms with Crippen LogP contribution in [0.15, 0.2) is 47.4 Å². The van der Waals surface area contributed by atoms with E-state index in [1.165, 1.54) is 16.3 Å². The fourth-order valence-electron chi connectivity index (χ4n) is 4.02. The molecule has 1 saturated heterocycles. The molecule has 2 amide bonds. The number of nitrogens with one attached hydrogen (secondary N) is 1. The van der Waals surface area contributed by atoms with E-state index in [9.17, 15) is 18.0 Å². The molecule has 0 atom stereocenters. The first-order chi connectivity index (χ1) is 14.9. The van der Waals surface area contributed by atoms with Crippen LogP contribution in [0.3, 0.4) is 0 Å². The summed E-state index contributed by atoms with van der Waals surface area (Å²) >= 11 is 0. The third-order valence-electron chi connectivity index (χ3n) is 5.63. The largest absolute Gasteiger partial charge is 0.496 e. The summed E-state index contributed by atoms with van der Waals surface area (Å²) in [7, 11) is -2.05. The van der Waals surface area contributed by atoms with E-state index in [1.54, 1.807) is 36.4 Å². The number of sulfonamides is 1. The molecule has 1 N–H and O–H groups in total. The van der Waals surface area contributed by atoms with Crippen molar-refractivity contribution in [2.75, 3.05) is 37.0 Å². The van der Waals surface area contributed by atoms with Gasteiger partial charge in [-0.25, -0.2) is 8.42 Å². The Morgan fingerprint density at radius 3 is 2.61 bits per heavy atom. The fraction of sp³-hybridized carbons (Fsp3) is 0.364. The highest BCUT2D eigenvalue weighted by Gasteiger charge is 2.29. The van der Waals surface area contributed by atoms with Crippen LogP contribution >= 0.6 is 0 Å². The summed E-state index contributed by atoms with van der Waals surface area (Å²) in [6.45, 7) is 1.01. The highest BCUT2D eigenvalue weighted by atomic mass is 32.2. The van der Waals surface area contributed by atoms with Crippen LogP contribution in [0.1, 0.15) is 24.8 Å². The van der Waals surface area contributed by atoms with E-state index in [0.717, 1.165) is 12.8 Å². The van der Waals surface area contributed by atoms with Gasteiger partial charge in [-0.3, -0.25) is 9.59 Å². The number of carbonyl (C=O) groups is 2. The number of nitrogens with zero attached hydrogens (tertiary/aromatic N) is 2. The van der Waals surface area contributed by atoms with Crippen molar-refractivity contribution >= 4 is 33.2 Å². The molecule has 2 aliphatic rings. The molecule has 4 rings (SSSR count). The summed E-state index contributed by atoms with van der Waals surface area (Å²) in [6, 6.07) is 11.9. The van der Waals surface area contributed by atoms with Crippen molar-refractivity contribution in [1.82, 2.24) is 4.31 Å². The van der Waals surface area contributed by atoms with Gasteiger partial charge in [-0.1, -0.05) is 12.1 Å². The van der Waals surface area contributed by atoms with Crippen molar-refractivity contribution in [2.45, 2.75) is 30.6 Å². The third kappa shape index (κ3) is 4.28. The second-order valence-electron chi connectivity index (χ2n) is 7.63. The molecule has 0 spiro atoms. The predicted octanol–water partition coefficient (Wildman–Crippen LogP) is 2.40. The number of hydrogen-bond acceptors (Lipinski definition) is 5. The van der Waals surface area contributed by atoms with Crippen LogP contribution in [-0.2, 0) is 26.0 Å². The SMILES string of the molecule is COc1ccc(S(=O)(=O)N2CCCC2)cc1CCC(=O)N1CC(=O)Nc2ccccc21. The van der Waals surface area contributed by atoms with Crippen LogP contribution in [0.25, 0.3) is 0 Å². The molecule has 0 saturated carbocycles. The molecule has 9 heteroatoms. The minimum absolute atomic E-state index is 0.0453. The van der Waals surface area contributed by atoms with Crippen LogP contribution in [0.4, 0.5) is 11.4 Å². The quantitative estimate of drug-likeness (QED) is 0.740. The number of methoxy groups -OCH3 is 1. The van der Waals surface area contributed by atoms with Crippen molar-refractivity contribution in [1.29, 1.82) is 0 Å². The zero-order valence-electron chi connectivity index (χ0n) is 17.3. The molecule has 0 unspecified atom stereocenters. The molecule has 2 heterocycles. The van der Waals surface area contributed by atoms with Gasteiger partial charge >= 0.3 is 0 Å². The smallest absolute Gasteiger partial charge is 0.244 e. The average molecular weight is 444 g/mol. The second-order valence-corrected chi connectivity index (χ2v) is 9.57. The Hall–Kier alpha value is -2.91. The number of carbonyl (C=O) groups excluding carboxylic acids is 2. The summed E-state index contributed by atoms with van der Waals surface area (Å²) in [5.41, 5.74) is 1.90. The molecule has 0 radical (unpaired) electrons. The van der Waals surface area contributed by atoms with Crippen molar-refractivity contribution in [3.8, 4) is 5.75 Å². The highest BCUT2D eigenvalue weighted by molar-refractivity contribution is 7.89. The van der Waals surface area contributed by atoms with Crippen LogP contribution < -0.4 is 15.0 Å². The molecular formula is C22H25N3O5S. The standard InChI is InChI=1S/C22H25N3O5S/c1-30-20-10-9-17(31(28,29)24-12-4-5-13-24)14-16(20)8-11-22(27)25-15-21(26)23-18-6-2-3-7-19(18)25/h2-3,6-7,9-10,14H,4-5,8,11-13,15H2,1H3,(H,23,26). The molecule has 2 aromatic rings. The van der Waals surface area contributed by atoms with E-state index in [-0.39, 0.29) is 29.7 Å². The Labute approximate surface area is 181 Å². The number of aryl methyl sites for hydroxylation is 1. The molecule has 0 aliphatic carbocycles. The maximum atomic E-state index is 12.9. The maximum Gasteiger partial charge on any atom is 0.244 e. The minimum Gasteiger partial charge on any atom is -0.496 e. The van der Waals surface area contributed by atoms with Crippen LogP contribution in [-0.4, -0.2) is 51.3 Å². The van der Waals surface area contributed by atoms with Gasteiger partial charge in [0, 0.05) is 19.5 Å². The lowest BCUT2D eigenvalue weighted by Crippen LogP contribution is -2.42. The molecule has 31 heavy (non-hydrogen) atoms. The Morgan fingerprint density at radius 1 is 1.13 bits per heavy atom. The number of rotatable bonds is 6. The van der Waals surface area contributed by atoms with Crippen LogP contribution in [0.2, 0.25) is 0 Å². The van der Waals surface area contributed by atoms with Crippen molar-refractivity contribution in [2.24, 2.45) is 0 Å². The van der Waals surface area contributed by atoms with Gasteiger partial charge < -0.3 is 15.0 Å². The fourth-order valence-corrected chi connectivity index (χ4v) is 5.59. The van der Waals surface area contributed by atoms with Gasteiger partial charge in [-0.15, -0.1) is 0 Å². The number of amides is 2. The molecule has 2 aliphatic heterocycles. The van der Waals surface area contributed by atoms with Gasteiger partial charge in [0.1, 0.15) is 12.3 Å². The molecule has 0 bridgehead atoms. The minimum atomic E-state index is -3.56. The lowest BCUT2D eigenvalue weighted by atomic mass is 10.1. The molecule has 2 aromatic carbocycles. The van der Waals surface area contributed by atoms with Crippen LogP contribution in [0, 0.1) is 0 Å². The Balaban J connectivity index is 1.54. The summed E-state index contributed by atoms with van der Waals surface area (Å²) in [5, 5.41) is 2.76. The van der Waals surface area contributed by atoms with Gasteiger partial charge in [-0.05, 0) is 55.2 Å². The average Bonchev–Trinajstić information content (AvgIpc) is 3.32. The Morgan fingerprint density at radius 2 is 1.87 bits per heavy atom. The van der Waals surface area contributed by atoms with Gasteiger partial charge in [-0.2, -0.15) is 4.31 Å². The van der Waals surface area contributed by atoms with E-state index < -0.39 is 10.0 Å². The number of para-hydroxylation sites is 2. The first-order valence-electron chi connectivity index (χ1n) is 10.3. The van der Waals surface area contributed by atoms with Gasteiger partial charge in [0.25, 0.3) is 0 Å². The van der Waals surface area contributed by atoms with Crippen LogP contribution in [0.5, 0.6) is 5.75 Å². The van der Waals surface area contributed by atoms with Gasteiger partial charge in [0.2, 0.25) is 21.8 Å². The molecular weight excluding hydrogens is 418 g/mol. The van der Waals surface area contributed by atoms with Gasteiger partial charge in [0.05, 0.1) is 23.4 Å². The number of anilines is 2. The summed E-state index contributed by atoms with van der Waals surface area (Å²) in [5.74, 6) is 0.0745. The first-order valence-corrected chi connectivity index (χ1v) is 11.7. The number of fused-ring (bicyclic) bond motifs is 1. The summed E-state index contributed by atoms with van der Waals surface area (Å²) in [6.07, 6.45) is 2.14. The zero-order chi connectivity index (χ0) is 22.0. The lowest BCUT2D eigenvalue weighted by Gasteiger charge is -2.29. The van der Waals surface area contributed by atoms with E-state index in [2.05, 4.69) is 5.32 Å². The van der Waals surface area contributed by atoms with Crippen molar-refractivity contribution in [3.63, 3.8) is 0 Å². The van der Waals surface area contributed by atoms with Crippen molar-refractivity contribution < 1.29 is 22.7 Å². The Bertz CT molecular complexity index is 1110. The molecule has 1 fully saturated rings. The molecule has 164 valence electrons. The van der Waals surface area contributed by atoms with E-state index in [4.69, 9.17) is 4.74 Å². The van der Waals surface area contributed by atoms with E-state index in [1.807, 2.05) is 6.07 Å². The monoisotopic (exact) mass is 443 g/mol. The molecule has 8 nitrogen and oxygen atoms in total. The topological polar surface area (TPSA) is 96.0 Å².